The highest BCUT2D eigenvalue weighted by Crippen LogP contribution is 2.29. The van der Waals surface area contributed by atoms with Crippen molar-refractivity contribution in [3.05, 3.63) is 23.2 Å². The van der Waals surface area contributed by atoms with Crippen molar-refractivity contribution in [3.8, 4) is 0 Å². The van der Waals surface area contributed by atoms with Gasteiger partial charge in [-0.25, -0.2) is 8.42 Å². The first-order valence-corrected chi connectivity index (χ1v) is 10.2. The van der Waals surface area contributed by atoms with Crippen molar-refractivity contribution >= 4 is 33.2 Å². The second kappa shape index (κ2) is 7.59. The largest absolute Gasteiger partial charge is 0.375 e. The fourth-order valence-corrected chi connectivity index (χ4v) is 5.11. The van der Waals surface area contributed by atoms with Crippen LogP contribution in [-0.4, -0.2) is 57.0 Å². The summed E-state index contributed by atoms with van der Waals surface area (Å²) in [7, 11) is -3.65. The van der Waals surface area contributed by atoms with Gasteiger partial charge in [-0.1, -0.05) is 11.6 Å². The number of ether oxygens (including phenoxy) is 1. The molecule has 2 saturated heterocycles. The fourth-order valence-electron chi connectivity index (χ4n) is 3.09. The van der Waals surface area contributed by atoms with E-state index >= 15 is 0 Å². The van der Waals surface area contributed by atoms with Crippen LogP contribution < -0.4 is 10.6 Å². The van der Waals surface area contributed by atoms with Gasteiger partial charge < -0.3 is 15.4 Å². The molecule has 0 aliphatic carbocycles. The van der Waals surface area contributed by atoms with E-state index < -0.39 is 16.1 Å². The third-order valence-electron chi connectivity index (χ3n) is 4.48. The molecule has 25 heavy (non-hydrogen) atoms. The summed E-state index contributed by atoms with van der Waals surface area (Å²) in [4.78, 5) is 12.5. The van der Waals surface area contributed by atoms with E-state index in [1.165, 1.54) is 16.4 Å². The van der Waals surface area contributed by atoms with Gasteiger partial charge in [-0.2, -0.15) is 4.31 Å². The first-order valence-electron chi connectivity index (χ1n) is 8.35. The molecule has 3 rings (SSSR count). The van der Waals surface area contributed by atoms with Crippen LogP contribution in [0.3, 0.4) is 0 Å². The molecule has 2 aliphatic rings. The number of amides is 1. The summed E-state index contributed by atoms with van der Waals surface area (Å²) in [6, 6.07) is 4.02. The first-order chi connectivity index (χ1) is 11.9. The monoisotopic (exact) mass is 387 g/mol. The van der Waals surface area contributed by atoms with Gasteiger partial charge >= 0.3 is 0 Å². The molecule has 1 aromatic rings. The van der Waals surface area contributed by atoms with E-state index in [1.807, 2.05) is 6.92 Å². The molecule has 0 bridgehead atoms. The average Bonchev–Trinajstić information content (AvgIpc) is 3.12. The van der Waals surface area contributed by atoms with E-state index in [4.69, 9.17) is 16.3 Å². The highest BCUT2D eigenvalue weighted by molar-refractivity contribution is 7.89. The van der Waals surface area contributed by atoms with Crippen molar-refractivity contribution in [1.29, 1.82) is 0 Å². The Morgan fingerprint density at radius 3 is 2.76 bits per heavy atom. The van der Waals surface area contributed by atoms with Crippen LogP contribution in [0.4, 0.5) is 5.69 Å². The summed E-state index contributed by atoms with van der Waals surface area (Å²) < 4.78 is 32.4. The molecule has 9 heteroatoms. The second-order valence-corrected chi connectivity index (χ2v) is 8.57. The Morgan fingerprint density at radius 1 is 1.36 bits per heavy atom. The summed E-state index contributed by atoms with van der Waals surface area (Å²) in [6.45, 7) is 3.97. The van der Waals surface area contributed by atoms with Crippen molar-refractivity contribution in [1.82, 2.24) is 9.62 Å². The lowest BCUT2D eigenvalue weighted by molar-refractivity contribution is -0.123. The van der Waals surface area contributed by atoms with Crippen molar-refractivity contribution < 1.29 is 17.9 Å². The fraction of sp³-hybridized carbons (Fsp3) is 0.562. The number of rotatable bonds is 4. The van der Waals surface area contributed by atoms with Crippen LogP contribution in [0.5, 0.6) is 0 Å². The van der Waals surface area contributed by atoms with Gasteiger partial charge in [-0.05, 0) is 38.0 Å². The molecule has 138 valence electrons. The maximum Gasteiger partial charge on any atom is 0.244 e. The Balaban J connectivity index is 1.80. The topological polar surface area (TPSA) is 87.7 Å². The van der Waals surface area contributed by atoms with Crippen LogP contribution in [0.2, 0.25) is 5.02 Å². The zero-order valence-electron chi connectivity index (χ0n) is 14.0. The van der Waals surface area contributed by atoms with Crippen LogP contribution in [0.1, 0.15) is 19.8 Å². The van der Waals surface area contributed by atoms with E-state index in [1.54, 1.807) is 6.07 Å². The number of benzene rings is 1. The van der Waals surface area contributed by atoms with E-state index in [0.29, 0.717) is 31.9 Å². The standard InChI is InChI=1S/C16H22ClN3O4S/c1-11-15(18-6-9-24-11)16(21)19-12-4-5-13(17)14(10-12)25(22,23)20-7-2-3-8-20/h4-5,10-11,15,18H,2-3,6-9H2,1H3,(H,19,21)/t11-,15+/m1/s1. The Morgan fingerprint density at radius 2 is 2.08 bits per heavy atom. The molecule has 2 atom stereocenters. The smallest absolute Gasteiger partial charge is 0.244 e. The van der Waals surface area contributed by atoms with E-state index in [9.17, 15) is 13.2 Å². The zero-order valence-corrected chi connectivity index (χ0v) is 15.6. The lowest BCUT2D eigenvalue weighted by Crippen LogP contribution is -2.53. The van der Waals surface area contributed by atoms with Crippen LogP contribution in [0.15, 0.2) is 23.1 Å². The average molecular weight is 388 g/mol. The Hall–Kier alpha value is -1.19. The van der Waals surface area contributed by atoms with Gasteiger partial charge in [0.15, 0.2) is 0 Å². The molecular formula is C16H22ClN3O4S. The molecule has 2 aliphatic heterocycles. The summed E-state index contributed by atoms with van der Waals surface area (Å²) in [5, 5.41) is 6.00. The van der Waals surface area contributed by atoms with Crippen LogP contribution in [0.25, 0.3) is 0 Å². The number of sulfonamides is 1. The number of nitrogens with zero attached hydrogens (tertiary/aromatic N) is 1. The van der Waals surface area contributed by atoms with Gasteiger partial charge in [-0.3, -0.25) is 4.79 Å². The maximum absolute atomic E-state index is 12.7. The number of halogens is 1. The van der Waals surface area contributed by atoms with Gasteiger partial charge in [0.05, 0.1) is 17.7 Å². The molecule has 1 amide bonds. The molecule has 2 N–H and O–H groups in total. The van der Waals surface area contributed by atoms with E-state index in [0.717, 1.165) is 12.8 Å². The molecule has 2 fully saturated rings. The van der Waals surface area contributed by atoms with Crippen molar-refractivity contribution in [2.24, 2.45) is 0 Å². The number of nitrogens with one attached hydrogen (secondary N) is 2. The number of morpholine rings is 1. The van der Waals surface area contributed by atoms with Crippen molar-refractivity contribution in [2.75, 3.05) is 31.6 Å². The predicted octanol–water partition coefficient (Wildman–Crippen LogP) is 1.44. The molecule has 1 aromatic carbocycles. The first kappa shape index (κ1) is 18.6. The molecule has 0 aromatic heterocycles. The SMILES string of the molecule is C[C@H]1OCCN[C@@H]1C(=O)Nc1ccc(Cl)c(S(=O)(=O)N2CCCC2)c1. The van der Waals surface area contributed by atoms with Crippen molar-refractivity contribution in [3.63, 3.8) is 0 Å². The Labute approximate surface area is 152 Å². The normalized spacial score (nSPS) is 25.0. The maximum atomic E-state index is 12.7. The molecule has 0 saturated carbocycles. The molecule has 0 spiro atoms. The number of hydrogen-bond donors (Lipinski definition) is 2. The number of anilines is 1. The van der Waals surface area contributed by atoms with Crippen molar-refractivity contribution in [2.45, 2.75) is 36.8 Å². The van der Waals surface area contributed by atoms with Crippen LogP contribution >= 0.6 is 11.6 Å². The number of hydrogen-bond acceptors (Lipinski definition) is 5. The van der Waals surface area contributed by atoms with Crippen LogP contribution in [0, 0.1) is 0 Å². The summed E-state index contributed by atoms with van der Waals surface area (Å²) in [5.74, 6) is -0.265. The lowest BCUT2D eigenvalue weighted by Gasteiger charge is -2.29. The minimum Gasteiger partial charge on any atom is -0.375 e. The summed E-state index contributed by atoms with van der Waals surface area (Å²) >= 11 is 6.12. The second-order valence-electron chi connectivity index (χ2n) is 6.25. The molecular weight excluding hydrogens is 366 g/mol. The molecule has 7 nitrogen and oxygen atoms in total. The predicted molar refractivity (Wildman–Crippen MR) is 95.3 cm³/mol. The third kappa shape index (κ3) is 3.98. The highest BCUT2D eigenvalue weighted by atomic mass is 35.5. The third-order valence-corrected chi connectivity index (χ3v) is 6.86. The minimum absolute atomic E-state index is 0.0229. The zero-order chi connectivity index (χ0) is 18.0. The van der Waals surface area contributed by atoms with Gasteiger partial charge in [0.1, 0.15) is 10.9 Å². The Kier molecular flexibility index (Phi) is 5.65. The minimum atomic E-state index is -3.65. The number of carbonyl (C=O) groups excluding carboxylic acids is 1. The summed E-state index contributed by atoms with van der Waals surface area (Å²) in [5.41, 5.74) is 0.395. The van der Waals surface area contributed by atoms with Crippen LogP contribution in [-0.2, 0) is 19.6 Å². The van der Waals surface area contributed by atoms with E-state index in [-0.39, 0.29) is 21.9 Å². The molecule has 0 radical (unpaired) electrons. The molecule has 2 heterocycles. The van der Waals surface area contributed by atoms with Gasteiger partial charge in [0.2, 0.25) is 15.9 Å². The highest BCUT2D eigenvalue weighted by Gasteiger charge is 2.31. The Bertz CT molecular complexity index is 750. The van der Waals surface area contributed by atoms with Gasteiger partial charge in [-0.15, -0.1) is 0 Å². The summed E-state index contributed by atoms with van der Waals surface area (Å²) in [6.07, 6.45) is 1.44. The quantitative estimate of drug-likeness (QED) is 0.816. The molecule has 0 unspecified atom stereocenters. The lowest BCUT2D eigenvalue weighted by atomic mass is 10.1. The number of carbonyl (C=O) groups is 1. The van der Waals surface area contributed by atoms with Gasteiger partial charge in [0, 0.05) is 25.3 Å². The van der Waals surface area contributed by atoms with Gasteiger partial charge in [0.25, 0.3) is 0 Å². The van der Waals surface area contributed by atoms with E-state index in [2.05, 4.69) is 10.6 Å².